The van der Waals surface area contributed by atoms with Crippen LogP contribution in [0.25, 0.3) is 6.08 Å². The summed E-state index contributed by atoms with van der Waals surface area (Å²) in [4.78, 5) is 24.4. The minimum atomic E-state index is 0.00155. The molecule has 1 aliphatic rings. The topological polar surface area (TPSA) is 50.5 Å². The van der Waals surface area contributed by atoms with E-state index in [1.54, 1.807) is 17.0 Å². The van der Waals surface area contributed by atoms with Crippen molar-refractivity contribution in [1.82, 2.24) is 9.55 Å². The highest BCUT2D eigenvalue weighted by atomic mass is 32.1. The molecule has 6 heteroatoms. The molecule has 3 heterocycles. The maximum absolute atomic E-state index is 12.8. The first-order valence-electron chi connectivity index (χ1n) is 8.09. The van der Waals surface area contributed by atoms with Crippen molar-refractivity contribution < 1.29 is 0 Å². The number of nitrogens with zero attached hydrogens (tertiary/aromatic N) is 4. The zero-order valence-corrected chi connectivity index (χ0v) is 15.0. The van der Waals surface area contributed by atoms with Crippen molar-refractivity contribution in [3.63, 3.8) is 0 Å². The van der Waals surface area contributed by atoms with Gasteiger partial charge in [-0.1, -0.05) is 23.5 Å². The van der Waals surface area contributed by atoms with Crippen LogP contribution in [0.1, 0.15) is 16.7 Å². The predicted octanol–water partition coefficient (Wildman–Crippen LogP) is 1.81. The molecule has 0 spiro atoms. The summed E-state index contributed by atoms with van der Waals surface area (Å²) in [5.74, 6) is 0. The van der Waals surface area contributed by atoms with Crippen molar-refractivity contribution in [2.45, 2.75) is 20.5 Å². The van der Waals surface area contributed by atoms with Crippen molar-refractivity contribution in [2.75, 3.05) is 11.6 Å². The number of rotatable bonds is 2. The Labute approximate surface area is 149 Å². The second-order valence-electron chi connectivity index (χ2n) is 6.24. The van der Waals surface area contributed by atoms with E-state index in [4.69, 9.17) is 0 Å². The quantitative estimate of drug-likeness (QED) is 0.708. The first kappa shape index (κ1) is 15.8. The molecular weight excluding hydrogens is 332 g/mol. The highest BCUT2D eigenvalue weighted by Gasteiger charge is 2.16. The molecule has 0 aliphatic carbocycles. The van der Waals surface area contributed by atoms with E-state index in [-0.39, 0.29) is 5.56 Å². The Morgan fingerprint density at radius 2 is 2.00 bits per heavy atom. The van der Waals surface area contributed by atoms with Crippen LogP contribution in [0.2, 0.25) is 0 Å². The van der Waals surface area contributed by atoms with Crippen molar-refractivity contribution in [3.8, 4) is 0 Å². The van der Waals surface area contributed by atoms with E-state index in [0.717, 1.165) is 16.1 Å². The van der Waals surface area contributed by atoms with Crippen LogP contribution in [0, 0.1) is 13.8 Å². The summed E-state index contributed by atoms with van der Waals surface area (Å²) in [5, 5.41) is 0. The molecule has 4 rings (SSSR count). The van der Waals surface area contributed by atoms with E-state index in [0.29, 0.717) is 17.9 Å². The lowest BCUT2D eigenvalue weighted by molar-refractivity contribution is 0.569. The number of thiazole rings is 1. The van der Waals surface area contributed by atoms with E-state index in [9.17, 15) is 4.79 Å². The molecule has 0 amide bonds. The van der Waals surface area contributed by atoms with Gasteiger partial charge in [0.2, 0.25) is 0 Å². The lowest BCUT2D eigenvalue weighted by Gasteiger charge is -2.26. The van der Waals surface area contributed by atoms with Crippen LogP contribution >= 0.6 is 11.3 Å². The average molecular weight is 350 g/mol. The SMILES string of the molecule is Cc1cc(C)cc(N2CN=c3s/c(=C\c4cccnc4)c(=O)n3C2)c1. The van der Waals surface area contributed by atoms with E-state index in [2.05, 4.69) is 46.9 Å². The number of pyridine rings is 1. The number of fused-ring (bicyclic) bond motifs is 1. The number of anilines is 1. The molecule has 0 radical (unpaired) electrons. The van der Waals surface area contributed by atoms with Crippen molar-refractivity contribution in [3.05, 3.63) is 79.1 Å². The molecule has 2 aromatic heterocycles. The standard InChI is InChI=1S/C19H18N4OS/c1-13-6-14(2)8-16(7-13)22-11-21-19-23(12-22)18(24)17(25-19)9-15-4-3-5-20-10-15/h3-10H,11-12H2,1-2H3/b17-9-. The molecule has 0 N–H and O–H groups in total. The van der Waals surface area contributed by atoms with Crippen LogP contribution in [0.3, 0.4) is 0 Å². The van der Waals surface area contributed by atoms with Gasteiger partial charge in [0, 0.05) is 18.1 Å². The molecule has 0 saturated carbocycles. The molecule has 0 saturated heterocycles. The van der Waals surface area contributed by atoms with E-state index < -0.39 is 0 Å². The summed E-state index contributed by atoms with van der Waals surface area (Å²) in [7, 11) is 0. The third-order valence-electron chi connectivity index (χ3n) is 4.13. The van der Waals surface area contributed by atoms with Gasteiger partial charge in [0.25, 0.3) is 5.56 Å². The second kappa shape index (κ2) is 6.29. The largest absolute Gasteiger partial charge is 0.334 e. The van der Waals surface area contributed by atoms with Gasteiger partial charge in [-0.2, -0.15) is 0 Å². The number of hydrogen-bond donors (Lipinski definition) is 0. The third kappa shape index (κ3) is 3.13. The summed E-state index contributed by atoms with van der Waals surface area (Å²) < 4.78 is 2.43. The van der Waals surface area contributed by atoms with Crippen LogP contribution in [0.4, 0.5) is 5.69 Å². The molecule has 0 fully saturated rings. The fraction of sp³-hybridized carbons (Fsp3) is 0.211. The van der Waals surface area contributed by atoms with Gasteiger partial charge < -0.3 is 4.90 Å². The number of hydrogen-bond acceptors (Lipinski definition) is 5. The fourth-order valence-electron chi connectivity index (χ4n) is 3.02. The zero-order valence-electron chi connectivity index (χ0n) is 14.1. The van der Waals surface area contributed by atoms with Gasteiger partial charge >= 0.3 is 0 Å². The van der Waals surface area contributed by atoms with Gasteiger partial charge in [0.15, 0.2) is 4.80 Å². The molecule has 0 unspecified atom stereocenters. The van der Waals surface area contributed by atoms with Crippen molar-refractivity contribution in [2.24, 2.45) is 4.99 Å². The molecule has 0 bridgehead atoms. The molecule has 25 heavy (non-hydrogen) atoms. The Hall–Kier alpha value is -2.73. The van der Waals surface area contributed by atoms with Crippen LogP contribution < -0.4 is 19.8 Å². The number of benzene rings is 1. The normalized spacial score (nSPS) is 14.3. The molecular formula is C19H18N4OS. The molecule has 5 nitrogen and oxygen atoms in total. The Morgan fingerprint density at radius 1 is 1.20 bits per heavy atom. The minimum Gasteiger partial charge on any atom is -0.334 e. The van der Waals surface area contributed by atoms with Crippen LogP contribution in [0.5, 0.6) is 0 Å². The molecule has 1 aromatic carbocycles. The Kier molecular flexibility index (Phi) is 3.97. The van der Waals surface area contributed by atoms with Gasteiger partial charge in [-0.05, 0) is 54.8 Å². The summed E-state index contributed by atoms with van der Waals surface area (Å²) in [6.07, 6.45) is 5.35. The number of aromatic nitrogens is 2. The smallest absolute Gasteiger partial charge is 0.271 e. The van der Waals surface area contributed by atoms with Gasteiger partial charge in [0.1, 0.15) is 13.3 Å². The van der Waals surface area contributed by atoms with Gasteiger partial charge in [0.05, 0.1) is 4.53 Å². The Balaban J connectivity index is 1.73. The maximum Gasteiger partial charge on any atom is 0.271 e. The summed E-state index contributed by atoms with van der Waals surface area (Å²) in [6.45, 7) is 5.26. The van der Waals surface area contributed by atoms with E-state index >= 15 is 0 Å². The maximum atomic E-state index is 12.8. The summed E-state index contributed by atoms with van der Waals surface area (Å²) in [5.41, 5.74) is 4.45. The fourth-order valence-corrected chi connectivity index (χ4v) is 3.98. The number of aryl methyl sites for hydroxylation is 2. The van der Waals surface area contributed by atoms with E-state index in [1.807, 2.05) is 18.2 Å². The molecule has 3 aromatic rings. The monoisotopic (exact) mass is 350 g/mol. The molecule has 126 valence electrons. The molecule has 0 atom stereocenters. The van der Waals surface area contributed by atoms with Crippen molar-refractivity contribution in [1.29, 1.82) is 0 Å². The van der Waals surface area contributed by atoms with E-state index in [1.165, 1.54) is 22.5 Å². The minimum absolute atomic E-state index is 0.00155. The lowest BCUT2D eigenvalue weighted by atomic mass is 10.1. The predicted molar refractivity (Wildman–Crippen MR) is 100 cm³/mol. The second-order valence-corrected chi connectivity index (χ2v) is 7.25. The average Bonchev–Trinajstić information content (AvgIpc) is 2.90. The van der Waals surface area contributed by atoms with Crippen molar-refractivity contribution >= 4 is 23.1 Å². The highest BCUT2D eigenvalue weighted by Crippen LogP contribution is 2.19. The Bertz CT molecular complexity index is 1080. The van der Waals surface area contributed by atoms with Crippen LogP contribution in [-0.4, -0.2) is 16.2 Å². The van der Waals surface area contributed by atoms with Gasteiger partial charge in [-0.3, -0.25) is 14.3 Å². The first-order valence-corrected chi connectivity index (χ1v) is 8.91. The highest BCUT2D eigenvalue weighted by molar-refractivity contribution is 7.07. The summed E-state index contributed by atoms with van der Waals surface area (Å²) >= 11 is 1.43. The first-order chi connectivity index (χ1) is 12.1. The zero-order chi connectivity index (χ0) is 17.4. The van der Waals surface area contributed by atoms with Gasteiger partial charge in [-0.15, -0.1) is 0 Å². The molecule has 1 aliphatic heterocycles. The van der Waals surface area contributed by atoms with Crippen LogP contribution in [-0.2, 0) is 6.67 Å². The lowest BCUT2D eigenvalue weighted by Crippen LogP contribution is -2.42. The van der Waals surface area contributed by atoms with Crippen LogP contribution in [0.15, 0.2) is 52.5 Å². The van der Waals surface area contributed by atoms with Gasteiger partial charge in [-0.25, -0.2) is 4.99 Å². The Morgan fingerprint density at radius 3 is 2.72 bits per heavy atom. The summed E-state index contributed by atoms with van der Waals surface area (Å²) in [6, 6.07) is 10.2. The third-order valence-corrected chi connectivity index (χ3v) is 5.18.